The standard InChI is InChI=1S/C17H15F2N5O2/c1-9-4-15(26-3)21-6-10(9)14-5-13(23-24(14)2)17(25)22-16-11(18)7-20-8-12(16)19/h4-8H,1-3H3,(H,20,22,25). The summed E-state index contributed by atoms with van der Waals surface area (Å²) < 4.78 is 33.8. The van der Waals surface area contributed by atoms with Gasteiger partial charge in [-0.15, -0.1) is 0 Å². The average Bonchev–Trinajstić information content (AvgIpc) is 2.99. The van der Waals surface area contributed by atoms with Crippen molar-refractivity contribution in [1.29, 1.82) is 0 Å². The number of nitrogens with one attached hydrogen (secondary N) is 1. The van der Waals surface area contributed by atoms with Crippen LogP contribution in [0.15, 0.2) is 30.7 Å². The quantitative estimate of drug-likeness (QED) is 0.775. The first-order valence-electron chi connectivity index (χ1n) is 7.56. The first kappa shape index (κ1) is 17.5. The van der Waals surface area contributed by atoms with Gasteiger partial charge in [0.1, 0.15) is 5.69 Å². The van der Waals surface area contributed by atoms with Gasteiger partial charge in [-0.1, -0.05) is 0 Å². The molecule has 9 heteroatoms. The number of hydrogen-bond acceptors (Lipinski definition) is 5. The van der Waals surface area contributed by atoms with Crippen molar-refractivity contribution in [2.45, 2.75) is 6.92 Å². The predicted octanol–water partition coefficient (Wildman–Crippen LogP) is 2.72. The zero-order valence-electron chi connectivity index (χ0n) is 14.2. The number of aromatic nitrogens is 4. The lowest BCUT2D eigenvalue weighted by molar-refractivity contribution is 0.102. The normalized spacial score (nSPS) is 10.7. The van der Waals surface area contributed by atoms with Gasteiger partial charge >= 0.3 is 0 Å². The molecule has 0 aliphatic carbocycles. The second kappa shape index (κ2) is 6.87. The van der Waals surface area contributed by atoms with Crippen molar-refractivity contribution in [3.63, 3.8) is 0 Å². The van der Waals surface area contributed by atoms with E-state index in [1.165, 1.54) is 17.9 Å². The monoisotopic (exact) mass is 359 g/mol. The van der Waals surface area contributed by atoms with Gasteiger partial charge in [-0.05, 0) is 18.6 Å². The fourth-order valence-corrected chi connectivity index (χ4v) is 2.45. The lowest BCUT2D eigenvalue weighted by Crippen LogP contribution is -2.15. The van der Waals surface area contributed by atoms with Gasteiger partial charge in [-0.2, -0.15) is 5.10 Å². The molecular formula is C17H15F2N5O2. The van der Waals surface area contributed by atoms with Crippen LogP contribution in [0.5, 0.6) is 5.88 Å². The number of carbonyl (C=O) groups is 1. The summed E-state index contributed by atoms with van der Waals surface area (Å²) in [5.41, 5.74) is 1.69. The van der Waals surface area contributed by atoms with E-state index in [1.807, 2.05) is 6.92 Å². The van der Waals surface area contributed by atoms with Gasteiger partial charge in [0.05, 0.1) is 25.2 Å². The van der Waals surface area contributed by atoms with E-state index in [4.69, 9.17) is 4.74 Å². The van der Waals surface area contributed by atoms with E-state index in [0.29, 0.717) is 11.6 Å². The second-order valence-electron chi connectivity index (χ2n) is 5.51. The highest BCUT2D eigenvalue weighted by Crippen LogP contribution is 2.26. The zero-order valence-corrected chi connectivity index (χ0v) is 14.2. The van der Waals surface area contributed by atoms with Gasteiger partial charge < -0.3 is 10.1 Å². The van der Waals surface area contributed by atoms with Crippen LogP contribution < -0.4 is 10.1 Å². The minimum absolute atomic E-state index is 0.00771. The molecule has 0 saturated heterocycles. The number of ether oxygens (including phenoxy) is 1. The minimum Gasteiger partial charge on any atom is -0.481 e. The van der Waals surface area contributed by atoms with E-state index in [9.17, 15) is 13.6 Å². The number of pyridine rings is 2. The molecule has 0 fully saturated rings. The van der Waals surface area contributed by atoms with Crippen LogP contribution in [-0.2, 0) is 7.05 Å². The van der Waals surface area contributed by atoms with E-state index in [2.05, 4.69) is 20.4 Å². The number of carbonyl (C=O) groups excluding carboxylic acids is 1. The van der Waals surface area contributed by atoms with Crippen molar-refractivity contribution in [3.8, 4) is 17.1 Å². The van der Waals surface area contributed by atoms with Crippen LogP contribution in [-0.4, -0.2) is 32.8 Å². The molecular weight excluding hydrogens is 344 g/mol. The Morgan fingerprint density at radius 3 is 2.50 bits per heavy atom. The Morgan fingerprint density at radius 2 is 1.88 bits per heavy atom. The first-order chi connectivity index (χ1) is 12.4. The molecule has 0 atom stereocenters. The van der Waals surface area contributed by atoms with Gasteiger partial charge in [0, 0.05) is 24.9 Å². The fourth-order valence-electron chi connectivity index (χ4n) is 2.45. The smallest absolute Gasteiger partial charge is 0.276 e. The zero-order chi connectivity index (χ0) is 18.8. The van der Waals surface area contributed by atoms with Crippen molar-refractivity contribution in [2.24, 2.45) is 7.05 Å². The molecule has 3 heterocycles. The number of methoxy groups -OCH3 is 1. The minimum atomic E-state index is -0.968. The van der Waals surface area contributed by atoms with E-state index < -0.39 is 23.2 Å². The van der Waals surface area contributed by atoms with Gasteiger partial charge in [0.25, 0.3) is 5.91 Å². The van der Waals surface area contributed by atoms with Crippen LogP contribution in [0.25, 0.3) is 11.3 Å². The predicted molar refractivity (Wildman–Crippen MR) is 89.8 cm³/mol. The molecule has 0 spiro atoms. The maximum Gasteiger partial charge on any atom is 0.276 e. The van der Waals surface area contributed by atoms with E-state index >= 15 is 0 Å². The molecule has 0 unspecified atom stereocenters. The summed E-state index contributed by atoms with van der Waals surface area (Å²) in [6, 6.07) is 3.27. The van der Waals surface area contributed by atoms with Crippen LogP contribution in [0.4, 0.5) is 14.5 Å². The molecule has 3 rings (SSSR count). The largest absolute Gasteiger partial charge is 0.481 e. The number of amides is 1. The lowest BCUT2D eigenvalue weighted by atomic mass is 10.1. The fraction of sp³-hybridized carbons (Fsp3) is 0.176. The highest BCUT2D eigenvalue weighted by molar-refractivity contribution is 6.03. The summed E-state index contributed by atoms with van der Waals surface area (Å²) >= 11 is 0. The van der Waals surface area contributed by atoms with E-state index in [1.54, 1.807) is 19.3 Å². The molecule has 0 aromatic carbocycles. The van der Waals surface area contributed by atoms with Crippen molar-refractivity contribution in [1.82, 2.24) is 19.7 Å². The van der Waals surface area contributed by atoms with Crippen LogP contribution in [0.3, 0.4) is 0 Å². The number of aryl methyl sites for hydroxylation is 2. The van der Waals surface area contributed by atoms with Crippen LogP contribution in [0.1, 0.15) is 16.1 Å². The van der Waals surface area contributed by atoms with E-state index in [0.717, 1.165) is 23.5 Å². The number of nitrogens with zero attached hydrogens (tertiary/aromatic N) is 4. The lowest BCUT2D eigenvalue weighted by Gasteiger charge is -2.07. The SMILES string of the molecule is COc1cc(C)c(-c2cc(C(=O)Nc3c(F)cncc3F)nn2C)cn1. The number of halogens is 2. The third-order valence-corrected chi connectivity index (χ3v) is 3.78. The Kier molecular flexibility index (Phi) is 4.61. The van der Waals surface area contributed by atoms with Gasteiger partial charge in [0.2, 0.25) is 5.88 Å². The molecule has 0 aliphatic rings. The molecule has 3 aromatic rings. The Bertz CT molecular complexity index is 967. The van der Waals surface area contributed by atoms with Gasteiger partial charge in [0.15, 0.2) is 17.3 Å². The Balaban J connectivity index is 1.92. The van der Waals surface area contributed by atoms with Gasteiger partial charge in [-0.25, -0.2) is 13.8 Å². The number of rotatable bonds is 4. The molecule has 26 heavy (non-hydrogen) atoms. The molecule has 1 N–H and O–H groups in total. The molecule has 0 saturated carbocycles. The molecule has 134 valence electrons. The number of hydrogen-bond donors (Lipinski definition) is 1. The molecule has 0 radical (unpaired) electrons. The first-order valence-corrected chi connectivity index (χ1v) is 7.56. The Labute approximate surface area is 147 Å². The number of anilines is 1. The topological polar surface area (TPSA) is 81.9 Å². The Hall–Kier alpha value is -3.36. The second-order valence-corrected chi connectivity index (χ2v) is 5.51. The van der Waals surface area contributed by atoms with Crippen molar-refractivity contribution in [3.05, 3.63) is 53.6 Å². The summed E-state index contributed by atoms with van der Waals surface area (Å²) in [6.45, 7) is 1.87. The molecule has 1 amide bonds. The van der Waals surface area contributed by atoms with Crippen molar-refractivity contribution in [2.75, 3.05) is 12.4 Å². The summed E-state index contributed by atoms with van der Waals surface area (Å²) in [5, 5.41) is 6.29. The van der Waals surface area contributed by atoms with Crippen LogP contribution >= 0.6 is 0 Å². The van der Waals surface area contributed by atoms with Crippen LogP contribution in [0, 0.1) is 18.6 Å². The molecule has 3 aromatic heterocycles. The van der Waals surface area contributed by atoms with Crippen LogP contribution in [0.2, 0.25) is 0 Å². The summed E-state index contributed by atoms with van der Waals surface area (Å²) in [6.07, 6.45) is 3.24. The molecule has 7 nitrogen and oxygen atoms in total. The van der Waals surface area contributed by atoms with E-state index in [-0.39, 0.29) is 5.69 Å². The maximum absolute atomic E-state index is 13.6. The average molecular weight is 359 g/mol. The van der Waals surface area contributed by atoms with Crippen molar-refractivity contribution < 1.29 is 18.3 Å². The third kappa shape index (κ3) is 3.23. The highest BCUT2D eigenvalue weighted by Gasteiger charge is 2.19. The molecule has 0 bridgehead atoms. The highest BCUT2D eigenvalue weighted by atomic mass is 19.1. The molecule has 0 aliphatic heterocycles. The summed E-state index contributed by atoms with van der Waals surface area (Å²) in [5.74, 6) is -2.21. The summed E-state index contributed by atoms with van der Waals surface area (Å²) in [4.78, 5) is 19.8. The van der Waals surface area contributed by atoms with Gasteiger partial charge in [-0.3, -0.25) is 14.5 Å². The maximum atomic E-state index is 13.6. The Morgan fingerprint density at radius 1 is 1.19 bits per heavy atom. The van der Waals surface area contributed by atoms with Crippen molar-refractivity contribution >= 4 is 11.6 Å². The summed E-state index contributed by atoms with van der Waals surface area (Å²) in [7, 11) is 3.18. The third-order valence-electron chi connectivity index (χ3n) is 3.78.